The predicted molar refractivity (Wildman–Crippen MR) is 101 cm³/mol. The Hall–Kier alpha value is -3.94. The third-order valence-electron chi connectivity index (χ3n) is 3.81. The van der Waals surface area contributed by atoms with Crippen LogP contribution in [-0.2, 0) is 4.79 Å². The highest BCUT2D eigenvalue weighted by atomic mass is 16.6. The van der Waals surface area contributed by atoms with Gasteiger partial charge in [-0.15, -0.1) is 0 Å². The SMILES string of the molecule is O=C(CNc1cccc2ccccc12)N/N=C\c1ccc([O-])c([N+](=O)[O-])c1. The highest BCUT2D eigenvalue weighted by Gasteiger charge is 2.07. The lowest BCUT2D eigenvalue weighted by molar-refractivity contribution is -0.398. The van der Waals surface area contributed by atoms with E-state index in [2.05, 4.69) is 15.8 Å². The summed E-state index contributed by atoms with van der Waals surface area (Å²) in [4.78, 5) is 21.9. The first kappa shape index (κ1) is 17.9. The van der Waals surface area contributed by atoms with E-state index in [1.54, 1.807) is 0 Å². The Bertz CT molecular complexity index is 1030. The summed E-state index contributed by atoms with van der Waals surface area (Å²) in [5, 5.41) is 31.0. The summed E-state index contributed by atoms with van der Waals surface area (Å²) in [5.41, 5.74) is 2.96. The maximum Gasteiger partial charge on any atom is 0.262 e. The van der Waals surface area contributed by atoms with Gasteiger partial charge in [-0.05, 0) is 17.2 Å². The molecule has 0 aliphatic rings. The van der Waals surface area contributed by atoms with Gasteiger partial charge < -0.3 is 10.4 Å². The number of hydrazone groups is 1. The third kappa shape index (κ3) is 4.37. The number of carbonyl (C=O) groups excluding carboxylic acids is 1. The molecule has 0 spiro atoms. The van der Waals surface area contributed by atoms with Crippen LogP contribution in [0.15, 0.2) is 65.8 Å². The van der Waals surface area contributed by atoms with Crippen molar-refractivity contribution in [2.24, 2.45) is 5.10 Å². The van der Waals surface area contributed by atoms with Gasteiger partial charge in [-0.2, -0.15) is 5.10 Å². The first-order valence-electron chi connectivity index (χ1n) is 8.03. The Balaban J connectivity index is 1.59. The lowest BCUT2D eigenvalue weighted by Gasteiger charge is -2.09. The number of amides is 1. The maximum atomic E-state index is 11.9. The molecule has 3 aromatic carbocycles. The maximum absolute atomic E-state index is 11.9. The molecule has 0 atom stereocenters. The molecule has 0 saturated carbocycles. The smallest absolute Gasteiger partial charge is 0.262 e. The van der Waals surface area contributed by atoms with Crippen molar-refractivity contribution < 1.29 is 14.8 Å². The van der Waals surface area contributed by atoms with Crippen molar-refractivity contribution in [1.29, 1.82) is 0 Å². The van der Waals surface area contributed by atoms with Gasteiger partial charge in [0, 0.05) is 22.7 Å². The number of nitrogens with one attached hydrogen (secondary N) is 2. The Labute approximate surface area is 154 Å². The summed E-state index contributed by atoms with van der Waals surface area (Å²) >= 11 is 0. The topological polar surface area (TPSA) is 120 Å². The van der Waals surface area contributed by atoms with Gasteiger partial charge in [-0.3, -0.25) is 14.9 Å². The second-order valence-corrected chi connectivity index (χ2v) is 5.66. The van der Waals surface area contributed by atoms with Crippen LogP contribution in [0.4, 0.5) is 11.4 Å². The van der Waals surface area contributed by atoms with E-state index in [0.29, 0.717) is 5.56 Å². The van der Waals surface area contributed by atoms with Crippen molar-refractivity contribution >= 4 is 34.3 Å². The zero-order chi connectivity index (χ0) is 19.2. The molecule has 0 fully saturated rings. The zero-order valence-electron chi connectivity index (χ0n) is 14.1. The van der Waals surface area contributed by atoms with E-state index in [-0.39, 0.29) is 12.5 Å². The summed E-state index contributed by atoms with van der Waals surface area (Å²) in [7, 11) is 0. The van der Waals surface area contributed by atoms with E-state index in [4.69, 9.17) is 0 Å². The first-order chi connectivity index (χ1) is 13.0. The number of nitro benzene ring substituents is 1. The molecule has 0 saturated heterocycles. The molecule has 8 nitrogen and oxygen atoms in total. The number of hydrogen-bond donors (Lipinski definition) is 2. The van der Waals surface area contributed by atoms with Crippen LogP contribution >= 0.6 is 0 Å². The fourth-order valence-electron chi connectivity index (χ4n) is 2.53. The first-order valence-corrected chi connectivity index (χ1v) is 8.03. The third-order valence-corrected chi connectivity index (χ3v) is 3.81. The van der Waals surface area contributed by atoms with E-state index in [1.807, 2.05) is 42.5 Å². The quantitative estimate of drug-likeness (QED) is 0.396. The minimum Gasteiger partial charge on any atom is -0.868 e. The summed E-state index contributed by atoms with van der Waals surface area (Å²) in [5.74, 6) is -1.06. The largest absolute Gasteiger partial charge is 0.868 e. The van der Waals surface area contributed by atoms with Gasteiger partial charge in [0.25, 0.3) is 11.6 Å². The number of rotatable bonds is 6. The zero-order valence-corrected chi connectivity index (χ0v) is 14.1. The van der Waals surface area contributed by atoms with Crippen molar-refractivity contribution in [2.75, 3.05) is 11.9 Å². The molecule has 0 aromatic heterocycles. The van der Waals surface area contributed by atoms with Crippen molar-refractivity contribution in [2.45, 2.75) is 0 Å². The number of fused-ring (bicyclic) bond motifs is 1. The van der Waals surface area contributed by atoms with Crippen LogP contribution in [0.25, 0.3) is 10.8 Å². The average molecular weight is 363 g/mol. The molecule has 0 radical (unpaired) electrons. The lowest BCUT2D eigenvalue weighted by Crippen LogP contribution is -2.25. The number of nitrogens with zero attached hydrogens (tertiary/aromatic N) is 2. The monoisotopic (exact) mass is 363 g/mol. The molecule has 1 amide bonds. The van der Waals surface area contributed by atoms with Gasteiger partial charge in [0.05, 0.1) is 17.7 Å². The van der Waals surface area contributed by atoms with E-state index in [1.165, 1.54) is 12.3 Å². The molecule has 0 bridgehead atoms. The second kappa shape index (κ2) is 7.96. The minimum atomic E-state index is -0.758. The standard InChI is InChI=1S/C19H16N4O4/c24-18-9-8-13(10-17(18)23(26)27)11-21-22-19(25)12-20-16-7-3-5-14-4-1-2-6-15(14)16/h1-11,20,24H,12H2,(H,22,25)/p-1/b21-11-. The van der Waals surface area contributed by atoms with Crippen molar-refractivity contribution in [3.8, 4) is 5.75 Å². The second-order valence-electron chi connectivity index (χ2n) is 5.66. The average Bonchev–Trinajstić information content (AvgIpc) is 2.67. The number of hydrogen-bond acceptors (Lipinski definition) is 6. The van der Waals surface area contributed by atoms with E-state index in [0.717, 1.165) is 28.6 Å². The van der Waals surface area contributed by atoms with E-state index < -0.39 is 16.4 Å². The van der Waals surface area contributed by atoms with Crippen molar-refractivity contribution in [3.05, 3.63) is 76.3 Å². The van der Waals surface area contributed by atoms with E-state index in [9.17, 15) is 20.0 Å². The molecule has 0 aliphatic heterocycles. The van der Waals surface area contributed by atoms with Gasteiger partial charge in [0.2, 0.25) is 0 Å². The van der Waals surface area contributed by atoms with Crippen molar-refractivity contribution in [3.63, 3.8) is 0 Å². The Kier molecular flexibility index (Phi) is 5.27. The Morgan fingerprint density at radius 2 is 1.89 bits per heavy atom. The van der Waals surface area contributed by atoms with Crippen LogP contribution in [0.2, 0.25) is 0 Å². The molecule has 8 heteroatoms. The molecule has 2 N–H and O–H groups in total. The summed E-state index contributed by atoms with van der Waals surface area (Å²) in [6, 6.07) is 17.1. The molecule has 0 heterocycles. The summed E-state index contributed by atoms with van der Waals surface area (Å²) < 4.78 is 0. The summed E-state index contributed by atoms with van der Waals surface area (Å²) in [6.45, 7) is 0.00495. The van der Waals surface area contributed by atoms with Crippen LogP contribution in [0.3, 0.4) is 0 Å². The molecule has 27 heavy (non-hydrogen) atoms. The van der Waals surface area contributed by atoms with Crippen LogP contribution < -0.4 is 15.8 Å². The van der Waals surface area contributed by atoms with Gasteiger partial charge in [-0.25, -0.2) is 5.43 Å². The molecule has 3 rings (SSSR count). The van der Waals surface area contributed by atoms with Crippen LogP contribution in [0.1, 0.15) is 5.56 Å². The Morgan fingerprint density at radius 1 is 1.11 bits per heavy atom. The number of carbonyl (C=O) groups is 1. The van der Waals surface area contributed by atoms with Crippen LogP contribution in [-0.4, -0.2) is 23.6 Å². The highest BCUT2D eigenvalue weighted by molar-refractivity contribution is 5.95. The normalized spacial score (nSPS) is 10.8. The highest BCUT2D eigenvalue weighted by Crippen LogP contribution is 2.23. The van der Waals surface area contributed by atoms with Gasteiger partial charge >= 0.3 is 0 Å². The lowest BCUT2D eigenvalue weighted by atomic mass is 10.1. The van der Waals surface area contributed by atoms with Gasteiger partial charge in [-0.1, -0.05) is 48.5 Å². The molecule has 3 aromatic rings. The molecular weight excluding hydrogens is 348 g/mol. The van der Waals surface area contributed by atoms with E-state index >= 15 is 0 Å². The molecule has 0 aliphatic carbocycles. The number of nitro groups is 1. The van der Waals surface area contributed by atoms with Crippen LogP contribution in [0, 0.1) is 10.1 Å². The summed E-state index contributed by atoms with van der Waals surface area (Å²) in [6.07, 6.45) is 1.24. The number of benzene rings is 3. The fraction of sp³-hybridized carbons (Fsp3) is 0.0526. The molecular formula is C19H15N4O4-. The molecule has 136 valence electrons. The van der Waals surface area contributed by atoms with Crippen LogP contribution in [0.5, 0.6) is 5.75 Å². The van der Waals surface area contributed by atoms with Gasteiger partial charge in [0.1, 0.15) is 0 Å². The molecule has 0 unspecified atom stereocenters. The van der Waals surface area contributed by atoms with Gasteiger partial charge in [0.15, 0.2) is 0 Å². The number of anilines is 1. The van der Waals surface area contributed by atoms with Crippen molar-refractivity contribution in [1.82, 2.24) is 5.43 Å². The fourth-order valence-corrected chi connectivity index (χ4v) is 2.53. The predicted octanol–water partition coefficient (Wildman–Crippen LogP) is 2.38. The minimum absolute atomic E-state index is 0.00495. The Morgan fingerprint density at radius 3 is 2.70 bits per heavy atom.